The lowest BCUT2D eigenvalue weighted by Crippen LogP contribution is -2.57. The topological polar surface area (TPSA) is 120 Å². The van der Waals surface area contributed by atoms with Crippen LogP contribution in [0.3, 0.4) is 0 Å². The molecular weight excluding hydrogens is 514 g/mol. The summed E-state index contributed by atoms with van der Waals surface area (Å²) in [6, 6.07) is 2.60. The average molecular weight is 562 g/mol. The Hall–Kier alpha value is -1.98. The summed E-state index contributed by atoms with van der Waals surface area (Å²) in [6.07, 6.45) is 12.9. The highest BCUT2D eigenvalue weighted by Gasteiger charge is 2.38. The zero-order valence-corrected chi connectivity index (χ0v) is 24.1. The highest BCUT2D eigenvalue weighted by atomic mass is 32.2. The van der Waals surface area contributed by atoms with Crippen molar-refractivity contribution in [3.05, 3.63) is 12.3 Å². The molecular formula is C28H47N7O3S. The molecule has 0 aliphatic carbocycles. The molecule has 1 amide bonds. The fourth-order valence-corrected chi connectivity index (χ4v) is 8.38. The minimum Gasteiger partial charge on any atom is -0.356 e. The molecule has 4 aliphatic rings. The highest BCUT2D eigenvalue weighted by molar-refractivity contribution is 7.91. The third-order valence-corrected chi connectivity index (χ3v) is 10.9. The molecule has 0 bridgehead atoms. The van der Waals surface area contributed by atoms with E-state index >= 15 is 0 Å². The SMILES string of the molecule is O=C(NCCC1C(Nc2nccc(N3CCCCCC3)n2)CCCN1C1CCS(=O)(=O)CC1)C1CCNCC1. The molecule has 4 saturated heterocycles. The van der Waals surface area contributed by atoms with Gasteiger partial charge in [-0.2, -0.15) is 4.98 Å². The lowest BCUT2D eigenvalue weighted by Gasteiger charge is -2.46. The Bertz CT molecular complexity index is 1030. The summed E-state index contributed by atoms with van der Waals surface area (Å²) in [5.74, 6) is 2.46. The van der Waals surface area contributed by atoms with Crippen LogP contribution in [0.1, 0.15) is 70.6 Å². The number of hydrogen-bond donors (Lipinski definition) is 3. The number of carbonyl (C=O) groups is 1. The van der Waals surface area contributed by atoms with Crippen molar-refractivity contribution in [1.29, 1.82) is 0 Å². The van der Waals surface area contributed by atoms with Gasteiger partial charge in [-0.3, -0.25) is 9.69 Å². The van der Waals surface area contributed by atoms with Crippen LogP contribution in [0, 0.1) is 5.92 Å². The largest absolute Gasteiger partial charge is 0.356 e. The van der Waals surface area contributed by atoms with Crippen molar-refractivity contribution < 1.29 is 13.2 Å². The molecule has 39 heavy (non-hydrogen) atoms. The molecule has 5 rings (SSSR count). The second-order valence-electron chi connectivity index (χ2n) is 11.8. The molecule has 1 aromatic heterocycles. The Morgan fingerprint density at radius 3 is 2.46 bits per heavy atom. The van der Waals surface area contributed by atoms with E-state index in [1.807, 2.05) is 12.3 Å². The van der Waals surface area contributed by atoms with Crippen LogP contribution in [0.15, 0.2) is 12.3 Å². The summed E-state index contributed by atoms with van der Waals surface area (Å²) in [7, 11) is -2.92. The standard InChI is InChI=1S/C28H47N7O3S/c36-27(22-7-13-29-14-8-22)30-15-9-25-24(6-5-19-35(25)23-11-20-39(37,38)21-12-23)32-28-31-16-10-26(33-28)34-17-3-1-2-4-18-34/h10,16,22-25,29H,1-9,11-15,17-21H2,(H,30,36)(H,31,32,33). The molecule has 5 heterocycles. The lowest BCUT2D eigenvalue weighted by atomic mass is 9.90. The zero-order valence-electron chi connectivity index (χ0n) is 23.3. The number of likely N-dealkylation sites (tertiary alicyclic amines) is 1. The van der Waals surface area contributed by atoms with Gasteiger partial charge in [0, 0.05) is 49.9 Å². The molecule has 10 nitrogen and oxygen atoms in total. The molecule has 2 unspecified atom stereocenters. The summed E-state index contributed by atoms with van der Waals surface area (Å²) >= 11 is 0. The number of sulfone groups is 1. The number of nitrogens with zero attached hydrogens (tertiary/aromatic N) is 4. The zero-order chi connectivity index (χ0) is 27.1. The maximum absolute atomic E-state index is 12.8. The Kier molecular flexibility index (Phi) is 9.94. The van der Waals surface area contributed by atoms with E-state index in [0.717, 1.165) is 70.6 Å². The second-order valence-corrected chi connectivity index (χ2v) is 14.1. The number of piperidine rings is 2. The molecule has 2 atom stereocenters. The van der Waals surface area contributed by atoms with E-state index in [1.54, 1.807) is 0 Å². The number of carbonyl (C=O) groups excluding carboxylic acids is 1. The van der Waals surface area contributed by atoms with Crippen LogP contribution in [0.2, 0.25) is 0 Å². The molecule has 0 radical (unpaired) electrons. The molecule has 1 aromatic rings. The first-order chi connectivity index (χ1) is 19.0. The smallest absolute Gasteiger partial charge is 0.224 e. The second kappa shape index (κ2) is 13.6. The monoisotopic (exact) mass is 561 g/mol. The first kappa shape index (κ1) is 28.5. The Labute approximate surface area is 234 Å². The van der Waals surface area contributed by atoms with E-state index in [2.05, 4.69) is 30.7 Å². The van der Waals surface area contributed by atoms with Gasteiger partial charge in [0.1, 0.15) is 15.7 Å². The van der Waals surface area contributed by atoms with Crippen molar-refractivity contribution in [2.24, 2.45) is 5.92 Å². The summed E-state index contributed by atoms with van der Waals surface area (Å²) in [5, 5.41) is 10.2. The first-order valence-electron chi connectivity index (χ1n) is 15.3. The summed E-state index contributed by atoms with van der Waals surface area (Å²) in [6.45, 7) is 5.48. The van der Waals surface area contributed by atoms with Crippen molar-refractivity contribution >= 4 is 27.5 Å². The van der Waals surface area contributed by atoms with Gasteiger partial charge in [-0.1, -0.05) is 12.8 Å². The fraction of sp³-hybridized carbons (Fsp3) is 0.821. The van der Waals surface area contributed by atoms with Gasteiger partial charge < -0.3 is 20.9 Å². The fourth-order valence-electron chi connectivity index (χ4n) is 6.91. The Morgan fingerprint density at radius 2 is 1.72 bits per heavy atom. The summed E-state index contributed by atoms with van der Waals surface area (Å²) in [4.78, 5) is 27.2. The van der Waals surface area contributed by atoms with Crippen LogP contribution in [0.5, 0.6) is 0 Å². The van der Waals surface area contributed by atoms with Crippen LogP contribution in [0.4, 0.5) is 11.8 Å². The molecule has 0 saturated carbocycles. The highest BCUT2D eigenvalue weighted by Crippen LogP contribution is 2.30. The number of rotatable bonds is 8. The van der Waals surface area contributed by atoms with Gasteiger partial charge in [-0.05, 0) is 83.5 Å². The quantitative estimate of drug-likeness (QED) is 0.439. The average Bonchev–Trinajstić information content (AvgIpc) is 3.24. The number of amides is 1. The van der Waals surface area contributed by atoms with Crippen molar-refractivity contribution in [3.63, 3.8) is 0 Å². The van der Waals surface area contributed by atoms with Gasteiger partial charge in [0.15, 0.2) is 0 Å². The minimum absolute atomic E-state index is 0.0984. The molecule has 0 spiro atoms. The molecule has 0 aromatic carbocycles. The predicted octanol–water partition coefficient (Wildman–Crippen LogP) is 2.19. The number of aromatic nitrogens is 2. The third-order valence-electron chi connectivity index (χ3n) is 9.15. The normalized spacial score (nSPS) is 27.5. The Balaban J connectivity index is 1.27. The van der Waals surface area contributed by atoms with Gasteiger partial charge in [-0.25, -0.2) is 13.4 Å². The van der Waals surface area contributed by atoms with Gasteiger partial charge in [0.25, 0.3) is 0 Å². The van der Waals surface area contributed by atoms with Crippen LogP contribution in [-0.4, -0.2) is 98.1 Å². The van der Waals surface area contributed by atoms with E-state index in [4.69, 9.17) is 4.98 Å². The van der Waals surface area contributed by atoms with Crippen molar-refractivity contribution in [1.82, 2.24) is 25.5 Å². The van der Waals surface area contributed by atoms with Crippen molar-refractivity contribution in [2.75, 3.05) is 61.0 Å². The molecule has 3 N–H and O–H groups in total. The maximum Gasteiger partial charge on any atom is 0.224 e. The Morgan fingerprint density at radius 1 is 0.974 bits per heavy atom. The molecule has 4 aliphatic heterocycles. The van der Waals surface area contributed by atoms with E-state index in [-0.39, 0.29) is 41.5 Å². The van der Waals surface area contributed by atoms with Crippen LogP contribution >= 0.6 is 0 Å². The maximum atomic E-state index is 12.8. The van der Waals surface area contributed by atoms with Gasteiger partial charge in [0.05, 0.1) is 11.5 Å². The van der Waals surface area contributed by atoms with E-state index in [0.29, 0.717) is 25.3 Å². The van der Waals surface area contributed by atoms with Crippen molar-refractivity contribution in [3.8, 4) is 0 Å². The third kappa shape index (κ3) is 7.82. The number of anilines is 2. The molecule has 218 valence electrons. The van der Waals surface area contributed by atoms with E-state index in [9.17, 15) is 13.2 Å². The van der Waals surface area contributed by atoms with Crippen LogP contribution in [-0.2, 0) is 14.6 Å². The van der Waals surface area contributed by atoms with Crippen LogP contribution < -0.4 is 20.9 Å². The van der Waals surface area contributed by atoms with E-state index in [1.165, 1.54) is 25.7 Å². The minimum atomic E-state index is -2.92. The molecule has 4 fully saturated rings. The number of nitrogens with one attached hydrogen (secondary N) is 3. The van der Waals surface area contributed by atoms with Gasteiger partial charge >= 0.3 is 0 Å². The first-order valence-corrected chi connectivity index (χ1v) is 17.1. The van der Waals surface area contributed by atoms with Crippen LogP contribution in [0.25, 0.3) is 0 Å². The van der Waals surface area contributed by atoms with Crippen molar-refractivity contribution in [2.45, 2.75) is 88.8 Å². The van der Waals surface area contributed by atoms with E-state index < -0.39 is 9.84 Å². The summed E-state index contributed by atoms with van der Waals surface area (Å²) in [5.41, 5.74) is 0. The van der Waals surface area contributed by atoms with Gasteiger partial charge in [0.2, 0.25) is 11.9 Å². The summed E-state index contributed by atoms with van der Waals surface area (Å²) < 4.78 is 24.3. The van der Waals surface area contributed by atoms with Gasteiger partial charge in [-0.15, -0.1) is 0 Å². The lowest BCUT2D eigenvalue weighted by molar-refractivity contribution is -0.125. The number of hydrogen-bond acceptors (Lipinski definition) is 9. The molecule has 11 heteroatoms. The predicted molar refractivity (Wildman–Crippen MR) is 155 cm³/mol.